The van der Waals surface area contributed by atoms with Crippen molar-refractivity contribution >= 4 is 5.91 Å². The Morgan fingerprint density at radius 1 is 0.947 bits per heavy atom. The zero-order chi connectivity index (χ0) is 15.2. The molecular weight excluding hydrogens is 299 g/mol. The first-order chi connectivity index (χ1) is 8.24. The van der Waals surface area contributed by atoms with E-state index < -0.39 is 46.6 Å². The molecule has 0 unspecified atom stereocenters. The first kappa shape index (κ1) is 15.3. The van der Waals surface area contributed by atoms with Gasteiger partial charge >= 0.3 is 24.4 Å². The maximum absolute atomic E-state index is 12.3. The lowest BCUT2D eigenvalue weighted by Crippen LogP contribution is -2.33. The largest absolute Gasteiger partial charge is 0.473 e. The summed E-state index contributed by atoms with van der Waals surface area (Å²) >= 11 is 0. The topological polar surface area (TPSA) is 34.9 Å². The first-order valence-electron chi connectivity index (χ1n) is 4.10. The van der Waals surface area contributed by atoms with Crippen LogP contribution in [0.5, 0.6) is 0 Å². The van der Waals surface area contributed by atoms with Gasteiger partial charge in [-0.1, -0.05) is 0 Å². The highest BCUT2D eigenvalue weighted by Crippen LogP contribution is 2.36. The van der Waals surface area contributed by atoms with Crippen molar-refractivity contribution in [1.82, 2.24) is 9.78 Å². The Labute approximate surface area is 97.1 Å². The van der Waals surface area contributed by atoms with Crippen molar-refractivity contribution < 1.29 is 44.3 Å². The highest BCUT2D eigenvalue weighted by atomic mass is 19.4. The van der Waals surface area contributed by atoms with Gasteiger partial charge in [-0.15, -0.1) is 0 Å². The molecule has 108 valence electrons. The van der Waals surface area contributed by atoms with E-state index in [4.69, 9.17) is 0 Å². The Morgan fingerprint density at radius 2 is 1.42 bits per heavy atom. The number of hydrogen-bond donors (Lipinski definition) is 0. The first-order valence-corrected chi connectivity index (χ1v) is 4.10. The quantitative estimate of drug-likeness (QED) is 0.690. The Hall–Kier alpha value is -1.75. The van der Waals surface area contributed by atoms with E-state index in [1.54, 1.807) is 0 Å². The van der Waals surface area contributed by atoms with E-state index >= 15 is 0 Å². The van der Waals surface area contributed by atoms with E-state index in [9.17, 15) is 44.3 Å². The minimum absolute atomic E-state index is 0.677. The van der Waals surface area contributed by atoms with Crippen molar-refractivity contribution in [3.8, 4) is 0 Å². The van der Waals surface area contributed by atoms with Crippen LogP contribution in [0.1, 0.15) is 16.2 Å². The average Bonchev–Trinajstić information content (AvgIpc) is 2.57. The summed E-state index contributed by atoms with van der Waals surface area (Å²) in [4.78, 5) is 10.6. The van der Waals surface area contributed by atoms with Gasteiger partial charge in [-0.05, 0) is 0 Å². The molecule has 0 amide bonds. The van der Waals surface area contributed by atoms with Crippen molar-refractivity contribution in [2.45, 2.75) is 18.5 Å². The van der Waals surface area contributed by atoms with E-state index in [0.717, 1.165) is 0 Å². The number of rotatable bonds is 0. The molecule has 0 spiro atoms. The maximum atomic E-state index is 12.3. The van der Waals surface area contributed by atoms with E-state index in [-0.39, 0.29) is 0 Å². The molecule has 0 aliphatic heterocycles. The van der Waals surface area contributed by atoms with Gasteiger partial charge in [0.2, 0.25) is 0 Å². The van der Waals surface area contributed by atoms with Crippen molar-refractivity contribution in [2.24, 2.45) is 0 Å². The minimum Gasteiger partial charge on any atom is -0.262 e. The van der Waals surface area contributed by atoms with Crippen LogP contribution >= 0.6 is 0 Å². The van der Waals surface area contributed by atoms with Crippen LogP contribution in [-0.2, 0) is 12.4 Å². The van der Waals surface area contributed by atoms with Crippen molar-refractivity contribution in [2.75, 3.05) is 0 Å². The third-order valence-electron chi connectivity index (χ3n) is 1.73. The molecule has 12 heteroatoms. The molecule has 0 N–H and O–H groups in total. The average molecular weight is 300 g/mol. The third kappa shape index (κ3) is 3.17. The molecule has 0 bridgehead atoms. The van der Waals surface area contributed by atoms with Gasteiger partial charge in [-0.3, -0.25) is 4.79 Å². The van der Waals surface area contributed by atoms with Crippen LogP contribution in [0.15, 0.2) is 6.07 Å². The van der Waals surface area contributed by atoms with Gasteiger partial charge in [0.1, 0.15) is 0 Å². The molecule has 0 fully saturated rings. The second-order valence-electron chi connectivity index (χ2n) is 3.13. The van der Waals surface area contributed by atoms with Gasteiger partial charge in [0.05, 0.1) is 0 Å². The molecule has 1 aromatic rings. The second-order valence-corrected chi connectivity index (χ2v) is 3.13. The molecule has 0 saturated carbocycles. The molecule has 0 aliphatic carbocycles. The Morgan fingerprint density at radius 3 is 1.74 bits per heavy atom. The molecule has 19 heavy (non-hydrogen) atoms. The van der Waals surface area contributed by atoms with Crippen molar-refractivity contribution in [1.29, 1.82) is 0 Å². The van der Waals surface area contributed by atoms with Crippen molar-refractivity contribution in [3.05, 3.63) is 17.5 Å². The van der Waals surface area contributed by atoms with Gasteiger partial charge in [-0.2, -0.15) is 49.3 Å². The van der Waals surface area contributed by atoms with Crippen LogP contribution in [0.25, 0.3) is 0 Å². The summed E-state index contributed by atoms with van der Waals surface area (Å²) in [5.41, 5.74) is -4.71. The van der Waals surface area contributed by atoms with Crippen LogP contribution in [0.4, 0.5) is 39.5 Å². The summed E-state index contributed by atoms with van der Waals surface area (Å²) in [5.74, 6) is -3.17. The lowest BCUT2D eigenvalue weighted by molar-refractivity contribution is -0.145. The number of halogens is 9. The molecular formula is C7HF9N2O. The lowest BCUT2D eigenvalue weighted by Gasteiger charge is -2.10. The molecule has 0 radical (unpaired) electrons. The fraction of sp³-hybridized carbons (Fsp3) is 0.429. The van der Waals surface area contributed by atoms with Crippen LogP contribution < -0.4 is 0 Å². The summed E-state index contributed by atoms with van der Waals surface area (Å²) in [6, 6.07) is -0.677. The monoisotopic (exact) mass is 300 g/mol. The van der Waals surface area contributed by atoms with Crippen LogP contribution in [-0.4, -0.2) is 21.9 Å². The standard InChI is InChI=1S/C7HF9N2O/c8-5(9,10)2-1-3(6(11,12)13)18(17-2)4(19)7(14,15)16/h1H. The molecule has 0 atom stereocenters. The van der Waals surface area contributed by atoms with Gasteiger partial charge in [-0.25, -0.2) is 0 Å². The Bertz CT molecular complexity index is 492. The second kappa shape index (κ2) is 4.13. The number of nitrogens with zero attached hydrogens (tertiary/aromatic N) is 2. The fourth-order valence-electron chi connectivity index (χ4n) is 0.996. The molecule has 1 rings (SSSR count). The van der Waals surface area contributed by atoms with Gasteiger partial charge in [0, 0.05) is 6.07 Å². The van der Waals surface area contributed by atoms with E-state index in [0.29, 0.717) is 0 Å². The summed E-state index contributed by atoms with van der Waals surface area (Å²) < 4.78 is 108. The maximum Gasteiger partial charge on any atom is 0.473 e. The van der Waals surface area contributed by atoms with Crippen LogP contribution in [0.3, 0.4) is 0 Å². The summed E-state index contributed by atoms with van der Waals surface area (Å²) in [7, 11) is 0. The van der Waals surface area contributed by atoms with Crippen molar-refractivity contribution in [3.63, 3.8) is 0 Å². The number of aromatic nitrogens is 2. The zero-order valence-corrected chi connectivity index (χ0v) is 8.28. The minimum atomic E-state index is -5.80. The number of hydrogen-bond acceptors (Lipinski definition) is 2. The van der Waals surface area contributed by atoms with Gasteiger partial charge < -0.3 is 0 Å². The molecule has 0 aliphatic rings. The number of carbonyl (C=O) groups is 1. The van der Waals surface area contributed by atoms with Crippen LogP contribution in [0.2, 0.25) is 0 Å². The highest BCUT2D eigenvalue weighted by molar-refractivity contribution is 5.84. The summed E-state index contributed by atoms with van der Waals surface area (Å²) in [6.07, 6.45) is -16.8. The van der Waals surface area contributed by atoms with E-state index in [2.05, 4.69) is 0 Å². The SMILES string of the molecule is O=C(n1nc(C(F)(F)F)cc1C(F)(F)F)C(F)(F)F. The Balaban J connectivity index is 3.46. The smallest absolute Gasteiger partial charge is 0.262 e. The molecule has 3 nitrogen and oxygen atoms in total. The summed E-state index contributed by atoms with van der Waals surface area (Å²) in [5, 5.41) is 2.02. The van der Waals surface area contributed by atoms with E-state index in [1.807, 2.05) is 5.10 Å². The summed E-state index contributed by atoms with van der Waals surface area (Å²) in [6.45, 7) is 0. The third-order valence-corrected chi connectivity index (χ3v) is 1.73. The predicted molar refractivity (Wildman–Crippen MR) is 38.9 cm³/mol. The van der Waals surface area contributed by atoms with Crippen LogP contribution in [0, 0.1) is 0 Å². The number of carbonyl (C=O) groups excluding carboxylic acids is 1. The fourth-order valence-corrected chi connectivity index (χ4v) is 0.996. The zero-order valence-electron chi connectivity index (χ0n) is 8.28. The normalized spacial score (nSPS) is 13.7. The molecule has 1 aromatic heterocycles. The predicted octanol–water partition coefficient (Wildman–Crippen LogP) is 3.12. The number of alkyl halides is 9. The molecule has 0 saturated heterocycles. The van der Waals surface area contributed by atoms with Gasteiger partial charge in [0.15, 0.2) is 11.4 Å². The highest BCUT2D eigenvalue weighted by Gasteiger charge is 2.48. The lowest BCUT2D eigenvalue weighted by atomic mass is 10.3. The van der Waals surface area contributed by atoms with Gasteiger partial charge in [0.25, 0.3) is 0 Å². The molecule has 0 aromatic carbocycles. The van der Waals surface area contributed by atoms with E-state index in [1.165, 1.54) is 0 Å². The molecule has 1 heterocycles. The Kier molecular flexibility index (Phi) is 3.33.